The van der Waals surface area contributed by atoms with Crippen LogP contribution in [0.5, 0.6) is 11.5 Å². The molecule has 0 aliphatic heterocycles. The topological polar surface area (TPSA) is 98.6 Å². The lowest BCUT2D eigenvalue weighted by atomic mass is 9.69. The van der Waals surface area contributed by atoms with Crippen molar-refractivity contribution in [3.63, 3.8) is 0 Å². The molecule has 0 atom stereocenters. The standard InChI is InChI=1S/C25H30N2O5S/c1-31-22-8-7-18(17-23(22)32-21-5-3-4-6-21)25(14-10-20(28)11-15-25)13-9-19-12-16-26-24(27-19)33(2,29)30/h7-8,12,16-17,20-21,28H,3-6,10-11,14-15H2,1-2H3/t20-,25-. The minimum atomic E-state index is -3.52. The molecule has 0 spiro atoms. The van der Waals surface area contributed by atoms with Crippen molar-refractivity contribution in [2.24, 2.45) is 0 Å². The normalized spacial score (nSPS) is 23.5. The van der Waals surface area contributed by atoms with Gasteiger partial charge in [0.2, 0.25) is 15.0 Å². The maximum Gasteiger partial charge on any atom is 0.247 e. The molecular weight excluding hydrogens is 440 g/mol. The lowest BCUT2D eigenvalue weighted by molar-refractivity contribution is 0.110. The number of hydrogen-bond donors (Lipinski definition) is 1. The summed E-state index contributed by atoms with van der Waals surface area (Å²) in [6, 6.07) is 7.55. The molecule has 8 heteroatoms. The van der Waals surface area contributed by atoms with E-state index in [9.17, 15) is 13.5 Å². The number of benzene rings is 1. The Hall–Kier alpha value is -2.63. The van der Waals surface area contributed by atoms with Gasteiger partial charge in [0.05, 0.1) is 24.7 Å². The average molecular weight is 471 g/mol. The molecule has 2 aliphatic rings. The molecule has 2 saturated carbocycles. The lowest BCUT2D eigenvalue weighted by Crippen LogP contribution is -2.32. The molecule has 33 heavy (non-hydrogen) atoms. The number of hydrogen-bond acceptors (Lipinski definition) is 7. The third-order valence-corrected chi connectivity index (χ3v) is 7.38. The van der Waals surface area contributed by atoms with Gasteiger partial charge in [0.25, 0.3) is 0 Å². The highest BCUT2D eigenvalue weighted by Gasteiger charge is 2.36. The first-order chi connectivity index (χ1) is 15.8. The number of nitrogens with zero attached hydrogens (tertiary/aromatic N) is 2. The van der Waals surface area contributed by atoms with Crippen LogP contribution in [0.4, 0.5) is 0 Å². The second-order valence-corrected chi connectivity index (χ2v) is 10.9. The van der Waals surface area contributed by atoms with Gasteiger partial charge in [0.1, 0.15) is 5.69 Å². The first-order valence-corrected chi connectivity index (χ1v) is 13.3. The molecule has 2 aromatic rings. The first-order valence-electron chi connectivity index (χ1n) is 11.4. The zero-order valence-electron chi connectivity index (χ0n) is 19.1. The molecule has 0 amide bonds. The van der Waals surface area contributed by atoms with Crippen LogP contribution in [0.15, 0.2) is 35.6 Å². The third kappa shape index (κ3) is 5.48. The summed E-state index contributed by atoms with van der Waals surface area (Å²) in [6.45, 7) is 0. The summed E-state index contributed by atoms with van der Waals surface area (Å²) in [7, 11) is -1.89. The van der Waals surface area contributed by atoms with Crippen LogP contribution < -0.4 is 9.47 Å². The summed E-state index contributed by atoms with van der Waals surface area (Å²) in [4.78, 5) is 7.95. The van der Waals surface area contributed by atoms with Crippen molar-refractivity contribution < 1.29 is 23.0 Å². The fourth-order valence-electron chi connectivity index (χ4n) is 4.61. The maximum absolute atomic E-state index is 11.8. The van der Waals surface area contributed by atoms with Crippen molar-refractivity contribution in [3.8, 4) is 23.3 Å². The predicted octanol–water partition coefficient (Wildman–Crippen LogP) is 3.43. The molecule has 1 aromatic carbocycles. The molecule has 0 bridgehead atoms. The van der Waals surface area contributed by atoms with E-state index in [-0.39, 0.29) is 17.4 Å². The first kappa shape index (κ1) is 23.5. The van der Waals surface area contributed by atoms with Crippen LogP contribution in [0.3, 0.4) is 0 Å². The fraction of sp³-hybridized carbons (Fsp3) is 0.520. The van der Waals surface area contributed by atoms with Crippen molar-refractivity contribution >= 4 is 9.84 Å². The molecule has 0 radical (unpaired) electrons. The quantitative estimate of drug-likeness (QED) is 0.528. The molecule has 0 saturated heterocycles. The molecule has 176 valence electrons. The van der Waals surface area contributed by atoms with Gasteiger partial charge in [-0.3, -0.25) is 0 Å². The van der Waals surface area contributed by atoms with Crippen molar-refractivity contribution in [2.45, 2.75) is 74.1 Å². The molecule has 1 N–H and O–H groups in total. The number of rotatable bonds is 5. The highest BCUT2D eigenvalue weighted by Crippen LogP contribution is 2.43. The number of aliphatic hydroxyl groups is 1. The Bertz CT molecular complexity index is 1150. The van der Waals surface area contributed by atoms with Gasteiger partial charge in [-0.15, -0.1) is 0 Å². The Labute approximate surface area is 195 Å². The van der Waals surface area contributed by atoms with Crippen molar-refractivity contribution in [1.29, 1.82) is 0 Å². The van der Waals surface area contributed by atoms with Gasteiger partial charge in [-0.05, 0) is 81.0 Å². The molecular formula is C25H30N2O5S. The van der Waals surface area contributed by atoms with Gasteiger partial charge in [-0.1, -0.05) is 12.0 Å². The summed E-state index contributed by atoms with van der Waals surface area (Å²) in [6.07, 6.45) is 9.41. The number of sulfone groups is 1. The zero-order chi connectivity index (χ0) is 23.5. The molecule has 1 aromatic heterocycles. The monoisotopic (exact) mass is 470 g/mol. The Morgan fingerprint density at radius 3 is 2.48 bits per heavy atom. The van der Waals surface area contributed by atoms with Gasteiger partial charge >= 0.3 is 0 Å². The summed E-state index contributed by atoms with van der Waals surface area (Å²) >= 11 is 0. The second-order valence-electron chi connectivity index (χ2n) is 8.95. The summed E-state index contributed by atoms with van der Waals surface area (Å²) in [5.74, 6) is 7.88. The van der Waals surface area contributed by atoms with Crippen molar-refractivity contribution in [2.75, 3.05) is 13.4 Å². The maximum atomic E-state index is 11.8. The SMILES string of the molecule is COc1ccc([C@]2(C#Cc3ccnc(S(C)(=O)=O)n3)CC[C@@H](O)CC2)cc1OC1CCCC1. The molecule has 2 aliphatic carbocycles. The minimum absolute atomic E-state index is 0.194. The van der Waals surface area contributed by atoms with E-state index in [0.29, 0.717) is 37.1 Å². The van der Waals surface area contributed by atoms with Gasteiger partial charge < -0.3 is 14.6 Å². The second kappa shape index (κ2) is 9.70. The van der Waals surface area contributed by atoms with E-state index < -0.39 is 15.3 Å². The van der Waals surface area contributed by atoms with Crippen molar-refractivity contribution in [3.05, 3.63) is 41.7 Å². The summed E-state index contributed by atoms with van der Waals surface area (Å²) < 4.78 is 35.5. The predicted molar refractivity (Wildman–Crippen MR) is 124 cm³/mol. The van der Waals surface area contributed by atoms with Crippen LogP contribution in [-0.4, -0.2) is 49.1 Å². The van der Waals surface area contributed by atoms with Gasteiger partial charge in [0.15, 0.2) is 11.5 Å². The summed E-state index contributed by atoms with van der Waals surface area (Å²) in [5, 5.41) is 9.91. The lowest BCUT2D eigenvalue weighted by Gasteiger charge is -2.35. The van der Waals surface area contributed by atoms with E-state index in [4.69, 9.17) is 9.47 Å². The van der Waals surface area contributed by atoms with E-state index in [1.54, 1.807) is 13.2 Å². The number of ether oxygens (including phenoxy) is 2. The smallest absolute Gasteiger partial charge is 0.247 e. The van der Waals surface area contributed by atoms with E-state index in [1.165, 1.54) is 19.0 Å². The van der Waals surface area contributed by atoms with Crippen LogP contribution in [0.2, 0.25) is 0 Å². The fourth-order valence-corrected chi connectivity index (χ4v) is 5.12. The largest absolute Gasteiger partial charge is 0.493 e. The molecule has 1 heterocycles. The Balaban J connectivity index is 1.72. The molecule has 2 fully saturated rings. The number of aromatic nitrogens is 2. The van der Waals surface area contributed by atoms with Gasteiger partial charge in [-0.2, -0.15) is 0 Å². The number of aliphatic hydroxyl groups excluding tert-OH is 1. The van der Waals surface area contributed by atoms with Crippen LogP contribution in [-0.2, 0) is 15.3 Å². The Morgan fingerprint density at radius 2 is 1.82 bits per heavy atom. The van der Waals surface area contributed by atoms with Crippen LogP contribution in [0.1, 0.15) is 62.6 Å². The van der Waals surface area contributed by atoms with Crippen molar-refractivity contribution in [1.82, 2.24) is 9.97 Å². The molecule has 0 unspecified atom stereocenters. The van der Waals surface area contributed by atoms with Crippen LogP contribution in [0, 0.1) is 11.8 Å². The average Bonchev–Trinajstić information content (AvgIpc) is 3.32. The zero-order valence-corrected chi connectivity index (χ0v) is 19.9. The Kier molecular flexibility index (Phi) is 6.91. The highest BCUT2D eigenvalue weighted by atomic mass is 32.2. The molecule has 7 nitrogen and oxygen atoms in total. The van der Waals surface area contributed by atoms with E-state index in [2.05, 4.69) is 21.8 Å². The summed E-state index contributed by atoms with van der Waals surface area (Å²) in [5.41, 5.74) is 0.857. The minimum Gasteiger partial charge on any atom is -0.493 e. The van der Waals surface area contributed by atoms with E-state index >= 15 is 0 Å². The molecule has 4 rings (SSSR count). The highest BCUT2D eigenvalue weighted by molar-refractivity contribution is 7.90. The van der Waals surface area contributed by atoms with Gasteiger partial charge in [0, 0.05) is 12.5 Å². The van der Waals surface area contributed by atoms with E-state index in [1.807, 2.05) is 18.2 Å². The Morgan fingerprint density at radius 1 is 1.09 bits per heavy atom. The van der Waals surface area contributed by atoms with Gasteiger partial charge in [-0.25, -0.2) is 18.4 Å². The van der Waals surface area contributed by atoms with Crippen LogP contribution in [0.25, 0.3) is 0 Å². The third-order valence-electron chi connectivity index (χ3n) is 6.52. The number of methoxy groups -OCH3 is 1. The van der Waals surface area contributed by atoms with Crippen LogP contribution >= 0.6 is 0 Å². The van der Waals surface area contributed by atoms with E-state index in [0.717, 1.165) is 30.4 Å².